The maximum Gasteiger partial charge on any atom is 0.407 e. The molecule has 1 aliphatic rings. The number of ether oxygens (including phenoxy) is 1. The molecule has 1 heterocycles. The van der Waals surface area contributed by atoms with Crippen LogP contribution in [0, 0.1) is 11.7 Å². The summed E-state index contributed by atoms with van der Waals surface area (Å²) in [6, 6.07) is 1.03. The Balaban J connectivity index is 1.99. The second-order valence-electron chi connectivity index (χ2n) is 8.17. The normalized spacial score (nSPS) is 19.8. The zero-order valence-corrected chi connectivity index (χ0v) is 16.8. The molecule has 0 radical (unpaired) electrons. The van der Waals surface area contributed by atoms with Crippen molar-refractivity contribution >= 4 is 17.8 Å². The third-order valence-electron chi connectivity index (χ3n) is 5.07. The Labute approximate surface area is 164 Å². The van der Waals surface area contributed by atoms with E-state index in [2.05, 4.69) is 10.3 Å². The molecule has 0 spiro atoms. The summed E-state index contributed by atoms with van der Waals surface area (Å²) in [6.07, 6.45) is 2.28. The monoisotopic (exact) mass is 396 g/mol. The lowest BCUT2D eigenvalue weighted by Crippen LogP contribution is -2.48. The minimum absolute atomic E-state index is 0.00954. The van der Waals surface area contributed by atoms with Gasteiger partial charge in [-0.1, -0.05) is 0 Å². The molecule has 4 N–H and O–H groups in total. The van der Waals surface area contributed by atoms with Gasteiger partial charge < -0.3 is 25.8 Å². The van der Waals surface area contributed by atoms with Crippen LogP contribution in [0.1, 0.15) is 56.8 Å². The average molecular weight is 396 g/mol. The van der Waals surface area contributed by atoms with Crippen molar-refractivity contribution in [3.8, 4) is 5.88 Å². The van der Waals surface area contributed by atoms with Gasteiger partial charge in [-0.25, -0.2) is 9.18 Å². The predicted octanol–water partition coefficient (Wildman–Crippen LogP) is 3.08. The van der Waals surface area contributed by atoms with Crippen molar-refractivity contribution in [1.82, 2.24) is 9.88 Å². The number of primary amides is 1. The molecule has 2 amide bonds. The number of nitrogens with zero attached hydrogens (tertiary/aromatic N) is 2. The van der Waals surface area contributed by atoms with E-state index in [0.717, 1.165) is 31.7 Å². The molecule has 1 aliphatic carbocycles. The van der Waals surface area contributed by atoms with Crippen LogP contribution in [0.5, 0.6) is 5.88 Å². The molecule has 9 heteroatoms. The Morgan fingerprint density at radius 1 is 1.36 bits per heavy atom. The predicted molar refractivity (Wildman–Crippen MR) is 103 cm³/mol. The number of hydrogen-bond acceptors (Lipinski definition) is 5. The fourth-order valence-corrected chi connectivity index (χ4v) is 3.49. The quantitative estimate of drug-likeness (QED) is 0.680. The van der Waals surface area contributed by atoms with E-state index in [1.807, 2.05) is 20.8 Å². The van der Waals surface area contributed by atoms with Crippen LogP contribution in [-0.4, -0.2) is 52.2 Å². The van der Waals surface area contributed by atoms with Gasteiger partial charge in [0.2, 0.25) is 5.88 Å². The highest BCUT2D eigenvalue weighted by Crippen LogP contribution is 2.30. The molecule has 0 saturated heterocycles. The molecule has 0 aromatic carbocycles. The molecule has 1 fully saturated rings. The van der Waals surface area contributed by atoms with Gasteiger partial charge in [-0.2, -0.15) is 4.98 Å². The van der Waals surface area contributed by atoms with Gasteiger partial charge in [0.25, 0.3) is 5.91 Å². The number of carboxylic acid groups (broad SMARTS) is 1. The lowest BCUT2D eigenvalue weighted by Gasteiger charge is -2.38. The number of hydrogen-bond donors (Lipinski definition) is 3. The van der Waals surface area contributed by atoms with Crippen molar-refractivity contribution in [2.45, 2.75) is 58.0 Å². The van der Waals surface area contributed by atoms with Gasteiger partial charge in [0.15, 0.2) is 11.6 Å². The maximum absolute atomic E-state index is 14.3. The Morgan fingerprint density at radius 3 is 2.43 bits per heavy atom. The largest absolute Gasteiger partial charge is 0.480 e. The van der Waals surface area contributed by atoms with Gasteiger partial charge >= 0.3 is 6.09 Å². The highest BCUT2D eigenvalue weighted by Gasteiger charge is 2.31. The third-order valence-corrected chi connectivity index (χ3v) is 5.07. The number of halogens is 1. The van der Waals surface area contributed by atoms with Crippen LogP contribution in [0.4, 0.5) is 15.0 Å². The van der Waals surface area contributed by atoms with Gasteiger partial charge in [-0.15, -0.1) is 0 Å². The number of nitrogens with one attached hydrogen (secondary N) is 1. The topological polar surface area (TPSA) is 118 Å². The second-order valence-corrected chi connectivity index (χ2v) is 8.17. The summed E-state index contributed by atoms with van der Waals surface area (Å²) in [4.78, 5) is 28.4. The first-order chi connectivity index (χ1) is 13.0. The summed E-state index contributed by atoms with van der Waals surface area (Å²) in [5.74, 6) is -1.21. The number of carbonyl (C=O) groups excluding carboxylic acids is 1. The summed E-state index contributed by atoms with van der Waals surface area (Å²) in [5, 5.41) is 12.5. The van der Waals surface area contributed by atoms with Gasteiger partial charge in [-0.3, -0.25) is 4.79 Å². The van der Waals surface area contributed by atoms with E-state index in [1.54, 1.807) is 0 Å². The molecule has 0 atom stereocenters. The molecule has 1 aromatic heterocycles. The minimum Gasteiger partial charge on any atom is -0.480 e. The molecule has 156 valence electrons. The van der Waals surface area contributed by atoms with Crippen molar-refractivity contribution in [2.75, 3.05) is 19.0 Å². The number of nitrogens with two attached hydrogens (primary N) is 1. The number of pyridine rings is 1. The molecule has 28 heavy (non-hydrogen) atoms. The van der Waals surface area contributed by atoms with E-state index in [1.165, 1.54) is 12.0 Å². The van der Waals surface area contributed by atoms with Gasteiger partial charge in [-0.05, 0) is 58.4 Å². The number of amides is 2. The average Bonchev–Trinajstić information content (AvgIpc) is 2.60. The Kier molecular flexibility index (Phi) is 6.69. The molecule has 0 aliphatic heterocycles. The highest BCUT2D eigenvalue weighted by molar-refractivity contribution is 5.95. The first-order valence-corrected chi connectivity index (χ1v) is 9.34. The third kappa shape index (κ3) is 5.24. The van der Waals surface area contributed by atoms with E-state index in [-0.39, 0.29) is 29.2 Å². The zero-order chi connectivity index (χ0) is 21.1. The van der Waals surface area contributed by atoms with Crippen LogP contribution in [0.2, 0.25) is 0 Å². The van der Waals surface area contributed by atoms with Crippen LogP contribution in [0.3, 0.4) is 0 Å². The van der Waals surface area contributed by atoms with Crippen molar-refractivity contribution < 1.29 is 23.8 Å². The SMILES string of the molecule is COc1nc(NC2CCC(CN(C(=O)O)C(C)(C)C)CC2)c(F)cc1C(N)=O. The molecular formula is C19H29FN4O4. The lowest BCUT2D eigenvalue weighted by atomic mass is 9.85. The first kappa shape index (κ1) is 21.7. The molecule has 0 bridgehead atoms. The van der Waals surface area contributed by atoms with Crippen molar-refractivity contribution in [1.29, 1.82) is 0 Å². The van der Waals surface area contributed by atoms with E-state index in [0.29, 0.717) is 6.54 Å². The van der Waals surface area contributed by atoms with E-state index < -0.39 is 23.4 Å². The van der Waals surface area contributed by atoms with Crippen LogP contribution in [-0.2, 0) is 0 Å². The maximum atomic E-state index is 14.3. The first-order valence-electron chi connectivity index (χ1n) is 9.34. The molecule has 2 rings (SSSR count). The van der Waals surface area contributed by atoms with Gasteiger partial charge in [0, 0.05) is 18.1 Å². The summed E-state index contributed by atoms with van der Waals surface area (Å²) < 4.78 is 19.3. The second kappa shape index (κ2) is 8.62. The molecule has 1 aromatic rings. The van der Waals surface area contributed by atoms with Crippen LogP contribution < -0.4 is 15.8 Å². The summed E-state index contributed by atoms with van der Waals surface area (Å²) in [7, 11) is 1.34. The highest BCUT2D eigenvalue weighted by atomic mass is 19.1. The Morgan fingerprint density at radius 2 is 1.96 bits per heavy atom. The smallest absolute Gasteiger partial charge is 0.407 e. The summed E-state index contributed by atoms with van der Waals surface area (Å²) in [5.41, 5.74) is 4.65. The zero-order valence-electron chi connectivity index (χ0n) is 16.8. The fraction of sp³-hybridized carbons (Fsp3) is 0.632. The molecule has 1 saturated carbocycles. The van der Waals surface area contributed by atoms with Crippen LogP contribution >= 0.6 is 0 Å². The Bertz CT molecular complexity index is 727. The number of aromatic nitrogens is 1. The number of methoxy groups -OCH3 is 1. The lowest BCUT2D eigenvalue weighted by molar-refractivity contribution is 0.0825. The number of anilines is 1. The van der Waals surface area contributed by atoms with Crippen molar-refractivity contribution in [2.24, 2.45) is 11.7 Å². The Hall–Kier alpha value is -2.58. The fourth-order valence-electron chi connectivity index (χ4n) is 3.49. The summed E-state index contributed by atoms with van der Waals surface area (Å²) in [6.45, 7) is 6.13. The molecule has 0 unspecified atom stereocenters. The van der Waals surface area contributed by atoms with E-state index in [4.69, 9.17) is 10.5 Å². The summed E-state index contributed by atoms with van der Waals surface area (Å²) >= 11 is 0. The van der Waals surface area contributed by atoms with E-state index in [9.17, 15) is 19.1 Å². The van der Waals surface area contributed by atoms with Crippen LogP contribution in [0.15, 0.2) is 6.07 Å². The molecular weight excluding hydrogens is 367 g/mol. The van der Waals surface area contributed by atoms with Crippen molar-refractivity contribution in [3.05, 3.63) is 17.4 Å². The minimum atomic E-state index is -0.916. The van der Waals surface area contributed by atoms with Crippen molar-refractivity contribution in [3.63, 3.8) is 0 Å². The van der Waals surface area contributed by atoms with E-state index >= 15 is 0 Å². The van der Waals surface area contributed by atoms with Crippen LogP contribution in [0.25, 0.3) is 0 Å². The molecule has 8 nitrogen and oxygen atoms in total. The standard InChI is InChI=1S/C19H29FN4O4/c1-19(2,3)24(18(26)27)10-11-5-7-12(8-6-11)22-16-14(20)9-13(15(21)25)17(23-16)28-4/h9,11-12H,5-8,10H2,1-4H3,(H2,21,25)(H,22,23)(H,26,27). The van der Waals surface area contributed by atoms with Gasteiger partial charge in [0.05, 0.1) is 7.11 Å². The number of carbonyl (C=O) groups is 2. The van der Waals surface area contributed by atoms with Gasteiger partial charge in [0.1, 0.15) is 5.56 Å². The number of rotatable bonds is 6.